The van der Waals surface area contributed by atoms with Crippen LogP contribution in [0.25, 0.3) is 79.3 Å². The molecular formula is C57H34N2S3. The summed E-state index contributed by atoms with van der Waals surface area (Å²) in [6, 6.07) is 64.2. The molecule has 0 saturated heterocycles. The molecule has 0 saturated carbocycles. The smallest absolute Gasteiger partial charge is 0.0743 e. The fourth-order valence-corrected chi connectivity index (χ4v) is 15.3. The van der Waals surface area contributed by atoms with Crippen molar-refractivity contribution in [1.82, 2.24) is 4.57 Å². The van der Waals surface area contributed by atoms with E-state index in [1.54, 1.807) is 0 Å². The maximum Gasteiger partial charge on any atom is 0.0743 e. The maximum atomic E-state index is 2.51. The molecule has 8 aromatic carbocycles. The van der Waals surface area contributed by atoms with Crippen LogP contribution in [0.4, 0.5) is 17.1 Å². The SMILES string of the molecule is c1ccc(N(c2ccc3c4ccccc4n(-c4ccccc4)c3c2)c2cccc3c2sc2c4c(ccc23)C2(c3ccsc3-c3sccc32)c2ccc3c5c(ccc-4c25)CC3)cc1. The number of nitrogens with zero attached hydrogens (tertiary/aromatic N) is 2. The molecule has 5 heteroatoms. The van der Waals surface area contributed by atoms with E-state index in [0.29, 0.717) is 0 Å². The summed E-state index contributed by atoms with van der Waals surface area (Å²) in [7, 11) is 0. The van der Waals surface area contributed by atoms with E-state index < -0.39 is 0 Å². The Balaban J connectivity index is 1.03. The van der Waals surface area contributed by atoms with Gasteiger partial charge < -0.3 is 9.47 Å². The van der Waals surface area contributed by atoms with Gasteiger partial charge in [0.2, 0.25) is 0 Å². The van der Waals surface area contributed by atoms with Gasteiger partial charge >= 0.3 is 0 Å². The second kappa shape index (κ2) is 12.2. The number of rotatable bonds is 4. The molecule has 1 spiro atoms. The molecule has 0 aliphatic heterocycles. The lowest BCUT2D eigenvalue weighted by molar-refractivity contribution is 0.779. The van der Waals surface area contributed by atoms with Crippen molar-refractivity contribution in [2.24, 2.45) is 0 Å². The third-order valence-electron chi connectivity index (χ3n) is 14.3. The Labute approximate surface area is 369 Å². The van der Waals surface area contributed by atoms with Crippen LogP contribution in [0, 0.1) is 0 Å². The summed E-state index contributed by atoms with van der Waals surface area (Å²) in [6.07, 6.45) is 2.24. The van der Waals surface area contributed by atoms with Gasteiger partial charge in [0, 0.05) is 58.6 Å². The molecule has 0 atom stereocenters. The van der Waals surface area contributed by atoms with Gasteiger partial charge in [-0.2, -0.15) is 0 Å². The topological polar surface area (TPSA) is 8.17 Å². The van der Waals surface area contributed by atoms with Crippen LogP contribution in [0.3, 0.4) is 0 Å². The molecule has 0 amide bonds. The van der Waals surface area contributed by atoms with Crippen molar-refractivity contribution >= 4 is 104 Å². The third kappa shape index (κ3) is 4.14. The maximum absolute atomic E-state index is 2.51. The zero-order valence-corrected chi connectivity index (χ0v) is 35.8. The van der Waals surface area contributed by atoms with Crippen molar-refractivity contribution in [1.29, 1.82) is 0 Å². The molecular weight excluding hydrogens is 809 g/mol. The van der Waals surface area contributed by atoms with Gasteiger partial charge in [0.25, 0.3) is 0 Å². The van der Waals surface area contributed by atoms with Crippen LogP contribution in [-0.4, -0.2) is 4.57 Å². The Hall–Kier alpha value is -6.76. The van der Waals surface area contributed by atoms with E-state index in [1.165, 1.54) is 113 Å². The Kier molecular flexibility index (Phi) is 6.67. The van der Waals surface area contributed by atoms with Crippen LogP contribution in [0.5, 0.6) is 0 Å². The van der Waals surface area contributed by atoms with Gasteiger partial charge in [0.1, 0.15) is 0 Å². The van der Waals surface area contributed by atoms with Gasteiger partial charge in [-0.1, -0.05) is 109 Å². The first kappa shape index (κ1) is 33.9. The van der Waals surface area contributed by atoms with Crippen molar-refractivity contribution in [2.75, 3.05) is 4.90 Å². The Morgan fingerprint density at radius 2 is 1.13 bits per heavy atom. The zero-order chi connectivity index (χ0) is 40.3. The molecule has 3 aliphatic carbocycles. The number of hydrogen-bond acceptors (Lipinski definition) is 4. The monoisotopic (exact) mass is 842 g/mol. The van der Waals surface area contributed by atoms with Crippen molar-refractivity contribution in [2.45, 2.75) is 18.3 Å². The van der Waals surface area contributed by atoms with Gasteiger partial charge in [0.15, 0.2) is 0 Å². The van der Waals surface area contributed by atoms with Crippen molar-refractivity contribution in [3.63, 3.8) is 0 Å². The summed E-state index contributed by atoms with van der Waals surface area (Å²) in [5.41, 5.74) is 18.3. The number of anilines is 3. The number of para-hydroxylation sites is 3. The first-order chi connectivity index (χ1) is 30.8. The van der Waals surface area contributed by atoms with E-state index >= 15 is 0 Å². The standard InChI is InChI=1S/C57H34N2S3/c1-3-10-35(11-4-1)58(37-22-24-39-38-14-7-8-16-47(38)59(49(39)32-37)36-12-5-2-6-13-36)48-17-9-15-40-41-25-27-44-52(54(41)62-53(40)48)42-23-20-33-18-19-34-21-26-43(51(42)50(33)34)57(44)45-28-30-60-55(45)56-46(57)29-31-61-56/h1-17,20-32H,18-19H2. The van der Waals surface area contributed by atoms with E-state index in [-0.39, 0.29) is 5.41 Å². The zero-order valence-electron chi connectivity index (χ0n) is 33.4. The highest BCUT2D eigenvalue weighted by Crippen LogP contribution is 2.66. The minimum atomic E-state index is -0.358. The summed E-state index contributed by atoms with van der Waals surface area (Å²) < 4.78 is 5.10. The van der Waals surface area contributed by atoms with Crippen molar-refractivity contribution in [3.8, 4) is 26.6 Å². The van der Waals surface area contributed by atoms with Gasteiger partial charge in [-0.25, -0.2) is 0 Å². The number of benzene rings is 8. The van der Waals surface area contributed by atoms with E-state index in [9.17, 15) is 0 Å². The van der Waals surface area contributed by atoms with Crippen LogP contribution in [0.2, 0.25) is 0 Å². The number of aromatic nitrogens is 1. The van der Waals surface area contributed by atoms with Crippen molar-refractivity contribution in [3.05, 3.63) is 214 Å². The Morgan fingerprint density at radius 1 is 0.468 bits per heavy atom. The van der Waals surface area contributed by atoms with Crippen molar-refractivity contribution < 1.29 is 0 Å². The summed E-state index contributed by atoms with van der Waals surface area (Å²) >= 11 is 5.79. The predicted octanol–water partition coefficient (Wildman–Crippen LogP) is 16.3. The molecule has 4 aromatic heterocycles. The fourth-order valence-electron chi connectivity index (χ4n) is 11.8. The minimum Gasteiger partial charge on any atom is -0.309 e. The molecule has 0 N–H and O–H groups in total. The molecule has 12 aromatic rings. The molecule has 290 valence electrons. The average Bonchev–Trinajstić information content (AvgIpc) is 4.19. The van der Waals surface area contributed by atoms with Crippen LogP contribution in [0.1, 0.15) is 33.4 Å². The number of fused-ring (bicyclic) bond motifs is 16. The molecule has 4 heterocycles. The lowest BCUT2D eigenvalue weighted by atomic mass is 9.61. The first-order valence-corrected chi connectivity index (χ1v) is 24.0. The van der Waals surface area contributed by atoms with Crippen LogP contribution in [0.15, 0.2) is 181 Å². The quantitative estimate of drug-likeness (QED) is 0.171. The normalized spacial score (nSPS) is 14.1. The second-order valence-corrected chi connectivity index (χ2v) is 19.9. The highest BCUT2D eigenvalue weighted by Gasteiger charge is 2.52. The minimum absolute atomic E-state index is 0.358. The van der Waals surface area contributed by atoms with Gasteiger partial charge in [-0.15, -0.1) is 34.0 Å². The average molecular weight is 843 g/mol. The summed E-state index contributed by atoms with van der Waals surface area (Å²) in [6.45, 7) is 0. The molecule has 0 bridgehead atoms. The number of aryl methyl sites for hydroxylation is 2. The molecule has 0 unspecified atom stereocenters. The number of hydrogen-bond donors (Lipinski definition) is 0. The molecule has 2 nitrogen and oxygen atoms in total. The highest BCUT2D eigenvalue weighted by molar-refractivity contribution is 7.27. The van der Waals surface area contributed by atoms with Crippen LogP contribution in [-0.2, 0) is 18.3 Å². The molecule has 0 fully saturated rings. The fraction of sp³-hybridized carbons (Fsp3) is 0.0526. The largest absolute Gasteiger partial charge is 0.309 e. The molecule has 15 rings (SSSR count). The van der Waals surface area contributed by atoms with E-state index in [0.717, 1.165) is 29.9 Å². The predicted molar refractivity (Wildman–Crippen MR) is 265 cm³/mol. The van der Waals surface area contributed by atoms with E-state index in [4.69, 9.17) is 0 Å². The van der Waals surface area contributed by atoms with Gasteiger partial charge in [-0.3, -0.25) is 0 Å². The Bertz CT molecular complexity index is 3830. The second-order valence-electron chi connectivity index (χ2n) is 17.1. The van der Waals surface area contributed by atoms with Gasteiger partial charge in [-0.05, 0) is 134 Å². The number of thiophene rings is 3. The first-order valence-electron chi connectivity index (χ1n) is 21.4. The summed E-state index contributed by atoms with van der Waals surface area (Å²) in [5.74, 6) is 0. The molecule has 3 aliphatic rings. The Morgan fingerprint density at radius 3 is 1.94 bits per heavy atom. The lowest BCUT2D eigenvalue weighted by Gasteiger charge is -2.39. The highest BCUT2D eigenvalue weighted by atomic mass is 32.1. The van der Waals surface area contributed by atoms with E-state index in [1.807, 2.05) is 34.0 Å². The van der Waals surface area contributed by atoms with E-state index in [2.05, 4.69) is 190 Å². The third-order valence-corrected chi connectivity index (χ3v) is 17.5. The summed E-state index contributed by atoms with van der Waals surface area (Å²) in [5, 5.41) is 12.8. The summed E-state index contributed by atoms with van der Waals surface area (Å²) in [4.78, 5) is 5.36. The van der Waals surface area contributed by atoms with Crippen LogP contribution >= 0.6 is 34.0 Å². The lowest BCUT2D eigenvalue weighted by Crippen LogP contribution is -2.31. The molecule has 62 heavy (non-hydrogen) atoms. The molecule has 0 radical (unpaired) electrons. The van der Waals surface area contributed by atoms with Crippen LogP contribution < -0.4 is 4.90 Å². The van der Waals surface area contributed by atoms with Gasteiger partial charge in [0.05, 0.1) is 26.8 Å².